The molecular formula is C26H28ClNO3. The zero-order chi connectivity index (χ0) is 21.8. The van der Waals surface area contributed by atoms with Crippen molar-refractivity contribution in [3.63, 3.8) is 0 Å². The summed E-state index contributed by atoms with van der Waals surface area (Å²) in [5.41, 5.74) is 4.31. The lowest BCUT2D eigenvalue weighted by Crippen LogP contribution is -2.12. The second-order valence-corrected chi connectivity index (χ2v) is 8.61. The van der Waals surface area contributed by atoms with Gasteiger partial charge in [0.25, 0.3) is 0 Å². The van der Waals surface area contributed by atoms with Crippen LogP contribution in [0.3, 0.4) is 0 Å². The van der Waals surface area contributed by atoms with Gasteiger partial charge in [0.1, 0.15) is 17.8 Å². The molecule has 0 spiro atoms. The molecule has 1 aliphatic rings. The number of oxazole rings is 1. The number of halogens is 1. The molecule has 0 saturated heterocycles. The minimum absolute atomic E-state index is 0.0723. The quantitative estimate of drug-likeness (QED) is 0.355. The van der Waals surface area contributed by atoms with Crippen molar-refractivity contribution in [2.75, 3.05) is 6.61 Å². The highest BCUT2D eigenvalue weighted by atomic mass is 35.5. The number of aromatic nitrogens is 1. The summed E-state index contributed by atoms with van der Waals surface area (Å²) in [6.07, 6.45) is 5.65. The fourth-order valence-electron chi connectivity index (χ4n) is 4.51. The number of aldehydes is 1. The molecule has 31 heavy (non-hydrogen) atoms. The van der Waals surface area contributed by atoms with E-state index in [-0.39, 0.29) is 11.8 Å². The van der Waals surface area contributed by atoms with Gasteiger partial charge in [-0.05, 0) is 67.5 Å². The molecule has 0 N–H and O–H groups in total. The van der Waals surface area contributed by atoms with Gasteiger partial charge in [-0.25, -0.2) is 4.98 Å². The number of benzene rings is 2. The fourth-order valence-corrected chi connectivity index (χ4v) is 4.74. The molecule has 162 valence electrons. The predicted octanol–water partition coefficient (Wildman–Crippen LogP) is 6.57. The molecule has 5 heteroatoms. The standard InChI is InChI=1S/C26H28ClNO3/c1-3-7-20(16-29)21-11-10-19-14-25(23(27)15-22(19)21)30-13-12-24-17(2)31-26(28-24)18-8-5-4-6-9-18/h4-6,8-9,14-16,20-21H,3,7,10-13H2,1-2H3. The number of nitrogens with zero attached hydrogens (tertiary/aromatic N) is 1. The second-order valence-electron chi connectivity index (χ2n) is 8.20. The van der Waals surface area contributed by atoms with Crippen LogP contribution < -0.4 is 4.74 Å². The minimum atomic E-state index is 0.0723. The van der Waals surface area contributed by atoms with Crippen molar-refractivity contribution in [2.45, 2.75) is 51.9 Å². The molecule has 0 bridgehead atoms. The van der Waals surface area contributed by atoms with Crippen LogP contribution in [0, 0.1) is 12.8 Å². The van der Waals surface area contributed by atoms with Gasteiger partial charge in [-0.2, -0.15) is 0 Å². The smallest absolute Gasteiger partial charge is 0.226 e. The van der Waals surface area contributed by atoms with Crippen molar-refractivity contribution in [1.82, 2.24) is 4.98 Å². The van der Waals surface area contributed by atoms with E-state index in [1.165, 1.54) is 11.1 Å². The first-order valence-corrected chi connectivity index (χ1v) is 11.4. The van der Waals surface area contributed by atoms with Gasteiger partial charge in [-0.3, -0.25) is 0 Å². The molecule has 0 radical (unpaired) electrons. The van der Waals surface area contributed by atoms with E-state index in [9.17, 15) is 4.79 Å². The summed E-state index contributed by atoms with van der Waals surface area (Å²) in [6.45, 7) is 4.52. The third-order valence-electron chi connectivity index (χ3n) is 6.14. The molecule has 4 nitrogen and oxygen atoms in total. The molecule has 0 fully saturated rings. The van der Waals surface area contributed by atoms with E-state index in [0.717, 1.165) is 49.0 Å². The summed E-state index contributed by atoms with van der Waals surface area (Å²) >= 11 is 6.55. The zero-order valence-corrected chi connectivity index (χ0v) is 18.8. The number of rotatable bonds is 9. The molecule has 1 aromatic heterocycles. The average molecular weight is 438 g/mol. The number of carbonyl (C=O) groups excluding carboxylic acids is 1. The molecule has 1 aliphatic carbocycles. The minimum Gasteiger partial charge on any atom is -0.492 e. The Hall–Kier alpha value is -2.59. The van der Waals surface area contributed by atoms with E-state index in [1.807, 2.05) is 43.3 Å². The van der Waals surface area contributed by atoms with Crippen molar-refractivity contribution >= 4 is 17.9 Å². The van der Waals surface area contributed by atoms with Gasteiger partial charge in [0.05, 0.1) is 17.3 Å². The fraction of sp³-hybridized carbons (Fsp3) is 0.385. The predicted molar refractivity (Wildman–Crippen MR) is 123 cm³/mol. The first-order chi connectivity index (χ1) is 15.1. The van der Waals surface area contributed by atoms with Crippen molar-refractivity contribution in [3.8, 4) is 17.2 Å². The van der Waals surface area contributed by atoms with E-state index >= 15 is 0 Å². The van der Waals surface area contributed by atoms with E-state index < -0.39 is 0 Å². The number of hydrogen-bond donors (Lipinski definition) is 0. The third-order valence-corrected chi connectivity index (χ3v) is 6.44. The van der Waals surface area contributed by atoms with Crippen LogP contribution in [0.5, 0.6) is 5.75 Å². The molecular weight excluding hydrogens is 410 g/mol. The van der Waals surface area contributed by atoms with Gasteiger partial charge in [0.15, 0.2) is 0 Å². The summed E-state index contributed by atoms with van der Waals surface area (Å²) < 4.78 is 11.9. The number of carbonyl (C=O) groups is 1. The molecule has 2 aromatic carbocycles. The Morgan fingerprint density at radius 3 is 2.84 bits per heavy atom. The van der Waals surface area contributed by atoms with Gasteiger partial charge in [0, 0.05) is 17.9 Å². The molecule has 0 aliphatic heterocycles. The van der Waals surface area contributed by atoms with Crippen LogP contribution in [0.25, 0.3) is 11.5 Å². The summed E-state index contributed by atoms with van der Waals surface area (Å²) in [4.78, 5) is 16.2. The Kier molecular flexibility index (Phi) is 6.77. The summed E-state index contributed by atoms with van der Waals surface area (Å²) in [5, 5.41) is 0.605. The molecule has 3 aromatic rings. The van der Waals surface area contributed by atoms with Crippen LogP contribution in [0.1, 0.15) is 54.7 Å². The maximum absolute atomic E-state index is 11.6. The van der Waals surface area contributed by atoms with Gasteiger partial charge < -0.3 is 13.9 Å². The lowest BCUT2D eigenvalue weighted by molar-refractivity contribution is -0.111. The van der Waals surface area contributed by atoms with E-state index in [2.05, 4.69) is 18.0 Å². The Bertz CT molecular complexity index is 1040. The normalized spacial score (nSPS) is 16.2. The zero-order valence-electron chi connectivity index (χ0n) is 18.1. The maximum atomic E-state index is 11.6. The first-order valence-electron chi connectivity index (χ1n) is 11.0. The highest BCUT2D eigenvalue weighted by molar-refractivity contribution is 6.32. The van der Waals surface area contributed by atoms with Gasteiger partial charge >= 0.3 is 0 Å². The summed E-state index contributed by atoms with van der Waals surface area (Å²) in [5.74, 6) is 2.48. The molecule has 2 atom stereocenters. The monoisotopic (exact) mass is 437 g/mol. The molecule has 2 unspecified atom stereocenters. The van der Waals surface area contributed by atoms with E-state index in [4.69, 9.17) is 20.8 Å². The molecule has 0 amide bonds. The Morgan fingerprint density at radius 1 is 1.29 bits per heavy atom. The Balaban J connectivity index is 1.42. The largest absolute Gasteiger partial charge is 0.492 e. The van der Waals surface area contributed by atoms with Crippen molar-refractivity contribution in [1.29, 1.82) is 0 Å². The first kappa shape index (κ1) is 21.6. The lowest BCUT2D eigenvalue weighted by Gasteiger charge is -2.19. The summed E-state index contributed by atoms with van der Waals surface area (Å²) in [6, 6.07) is 13.9. The Morgan fingerprint density at radius 2 is 2.10 bits per heavy atom. The van der Waals surface area contributed by atoms with Crippen molar-refractivity contribution < 1.29 is 13.9 Å². The highest BCUT2D eigenvalue weighted by Crippen LogP contribution is 2.43. The number of hydrogen-bond acceptors (Lipinski definition) is 4. The molecule has 4 rings (SSSR count). The van der Waals surface area contributed by atoms with Crippen LogP contribution >= 0.6 is 11.6 Å². The number of ether oxygens (including phenoxy) is 1. The average Bonchev–Trinajstić information content (AvgIpc) is 3.36. The van der Waals surface area contributed by atoms with E-state index in [1.54, 1.807) is 0 Å². The second kappa shape index (κ2) is 9.69. The molecule has 1 heterocycles. The summed E-state index contributed by atoms with van der Waals surface area (Å²) in [7, 11) is 0. The van der Waals surface area contributed by atoms with Crippen LogP contribution in [0.15, 0.2) is 46.9 Å². The maximum Gasteiger partial charge on any atom is 0.226 e. The van der Waals surface area contributed by atoms with Crippen LogP contribution in [-0.4, -0.2) is 17.9 Å². The van der Waals surface area contributed by atoms with Crippen LogP contribution in [0.4, 0.5) is 0 Å². The van der Waals surface area contributed by atoms with Crippen molar-refractivity contribution in [2.24, 2.45) is 5.92 Å². The number of aryl methyl sites for hydroxylation is 2. The van der Waals surface area contributed by atoms with Crippen LogP contribution in [-0.2, 0) is 17.6 Å². The lowest BCUT2D eigenvalue weighted by atomic mass is 9.85. The Labute approximate surface area is 188 Å². The number of fused-ring (bicyclic) bond motifs is 1. The van der Waals surface area contributed by atoms with E-state index in [0.29, 0.717) is 29.7 Å². The van der Waals surface area contributed by atoms with Crippen molar-refractivity contribution in [3.05, 3.63) is 70.1 Å². The molecule has 0 saturated carbocycles. The highest BCUT2D eigenvalue weighted by Gasteiger charge is 2.30. The topological polar surface area (TPSA) is 52.3 Å². The van der Waals surface area contributed by atoms with Gasteiger partial charge in [-0.15, -0.1) is 0 Å². The van der Waals surface area contributed by atoms with Gasteiger partial charge in [0.2, 0.25) is 5.89 Å². The third kappa shape index (κ3) is 4.69. The van der Waals surface area contributed by atoms with Gasteiger partial charge in [-0.1, -0.05) is 43.1 Å². The SMILES string of the molecule is CCCC(C=O)C1CCc2cc(OCCc3nc(-c4ccccc4)oc3C)c(Cl)cc21. The van der Waals surface area contributed by atoms with Crippen LogP contribution in [0.2, 0.25) is 5.02 Å².